The molecule has 0 bridgehead atoms. The third-order valence-electron chi connectivity index (χ3n) is 13.6. The second kappa shape index (κ2) is 16.0. The summed E-state index contributed by atoms with van der Waals surface area (Å²) in [6.07, 6.45) is 3.66. The van der Waals surface area contributed by atoms with E-state index in [-0.39, 0.29) is 58.7 Å². The van der Waals surface area contributed by atoms with Crippen LogP contribution in [0.25, 0.3) is 0 Å². The number of methoxy groups -OCH3 is 3. The van der Waals surface area contributed by atoms with Gasteiger partial charge in [-0.1, -0.05) is 77.3 Å². The summed E-state index contributed by atoms with van der Waals surface area (Å²) in [5, 5.41) is 12.5. The fourth-order valence-electron chi connectivity index (χ4n) is 10.9. The molecule has 61 heavy (non-hydrogen) atoms. The molecule has 4 aromatic rings. The number of rotatable bonds is 10. The summed E-state index contributed by atoms with van der Waals surface area (Å²) in [5.41, 5.74) is 4.53. The van der Waals surface area contributed by atoms with Crippen molar-refractivity contribution in [1.82, 2.24) is 14.8 Å². The van der Waals surface area contributed by atoms with Gasteiger partial charge in [0, 0.05) is 54.3 Å². The first-order valence-electron chi connectivity index (χ1n) is 20.5. The summed E-state index contributed by atoms with van der Waals surface area (Å²) in [4.78, 5) is 64.3. The quantitative estimate of drug-likeness (QED) is 0.123. The van der Waals surface area contributed by atoms with Crippen LogP contribution < -0.4 is 19.6 Å². The lowest BCUT2D eigenvalue weighted by molar-refractivity contribution is -0.144. The minimum absolute atomic E-state index is 0.0950. The number of hydrogen-bond donors (Lipinski definition) is 2. The van der Waals surface area contributed by atoms with Crippen molar-refractivity contribution in [3.63, 3.8) is 0 Å². The third-order valence-corrected chi connectivity index (χ3v) is 14.2. The van der Waals surface area contributed by atoms with Gasteiger partial charge in [0.1, 0.15) is 23.0 Å². The maximum atomic E-state index is 15.7. The number of aromatic hydroxyl groups is 1. The Morgan fingerprint density at radius 2 is 1.49 bits per heavy atom. The Labute approximate surface area is 363 Å². The number of ether oxygens (including phenoxy) is 3. The normalized spacial score (nSPS) is 26.4. The van der Waals surface area contributed by atoms with Gasteiger partial charge in [-0.3, -0.25) is 34.4 Å². The monoisotopic (exact) mass is 864 g/mol. The van der Waals surface area contributed by atoms with Gasteiger partial charge in [-0.15, -0.1) is 0 Å². The van der Waals surface area contributed by atoms with Crippen molar-refractivity contribution in [2.24, 2.45) is 23.7 Å². The number of hydrazine groups is 1. The van der Waals surface area contributed by atoms with Crippen LogP contribution >= 0.6 is 23.2 Å². The standard InChI is InChI=1S/C47H46Cl2N4O8/c1-59-31-12-9-27(10-13-31)47-35(44(56)53(46(47)58)50-37-16-11-28(48)21-36(37)49)24-34-32(42(47)41-38(60-2)22-30(54)23-39(41)61-3)14-15-33-40(34)45(57)52(43(33)55)29-17-19-51(20-18-29)25-26-7-5-4-6-8-26/h4-14,16,21-23,29,33-35,40,42,50,54H,15,17-20,24-25H2,1-3H3. The second-order valence-corrected chi connectivity index (χ2v) is 17.4. The molecule has 14 heteroatoms. The first-order chi connectivity index (χ1) is 29.5. The Hall–Kier alpha value is -5.56. The van der Waals surface area contributed by atoms with E-state index in [1.54, 1.807) is 43.5 Å². The van der Waals surface area contributed by atoms with E-state index in [2.05, 4.69) is 22.5 Å². The smallest absolute Gasteiger partial charge is 0.260 e. The van der Waals surface area contributed by atoms with Crippen LogP contribution in [0.1, 0.15) is 48.3 Å². The predicted octanol–water partition coefficient (Wildman–Crippen LogP) is 7.37. The molecule has 12 nitrogen and oxygen atoms in total. The topological polar surface area (TPSA) is 138 Å². The van der Waals surface area contributed by atoms with Gasteiger partial charge < -0.3 is 19.3 Å². The summed E-state index contributed by atoms with van der Waals surface area (Å²) >= 11 is 12.8. The Kier molecular flexibility index (Phi) is 10.7. The zero-order chi connectivity index (χ0) is 42.7. The summed E-state index contributed by atoms with van der Waals surface area (Å²) in [6.45, 7) is 2.28. The SMILES string of the molecule is COc1ccc(C23C(=O)N(Nc4ccc(Cl)cc4Cl)C(=O)C2CC2C(=CCC4C(=O)N(C5CCN(Cc6ccccc6)CC5)C(=O)C42)C3c2c(OC)cc(O)cc2OC)cc1. The first kappa shape index (κ1) is 40.8. The van der Waals surface area contributed by atoms with Crippen molar-refractivity contribution in [3.05, 3.63) is 123 Å². The van der Waals surface area contributed by atoms with Gasteiger partial charge in [0.15, 0.2) is 0 Å². The molecular formula is C47H46Cl2N4O8. The highest BCUT2D eigenvalue weighted by Gasteiger charge is 2.71. The summed E-state index contributed by atoms with van der Waals surface area (Å²) in [6, 6.07) is 24.6. The fraction of sp³-hybridized carbons (Fsp3) is 0.362. The lowest BCUT2D eigenvalue weighted by Gasteiger charge is -2.51. The molecule has 4 fully saturated rings. The second-order valence-electron chi connectivity index (χ2n) is 16.5. The molecule has 316 valence electrons. The van der Waals surface area contributed by atoms with Crippen LogP contribution in [0, 0.1) is 23.7 Å². The number of allylic oxidation sites excluding steroid dienone is 2. The number of phenolic OH excluding ortho intramolecular Hbond substituents is 1. The Balaban J connectivity index is 1.16. The average Bonchev–Trinajstić information content (AvgIpc) is 3.65. The van der Waals surface area contributed by atoms with Crippen molar-refractivity contribution in [2.45, 2.75) is 49.6 Å². The number of likely N-dealkylation sites (tertiary alicyclic amines) is 2. The van der Waals surface area contributed by atoms with Gasteiger partial charge in [-0.2, -0.15) is 5.01 Å². The number of halogens is 2. The third kappa shape index (κ3) is 6.61. The molecule has 4 aromatic carbocycles. The van der Waals surface area contributed by atoms with Crippen LogP contribution in [-0.2, 0) is 31.1 Å². The van der Waals surface area contributed by atoms with Crippen LogP contribution in [-0.4, -0.2) is 84.0 Å². The van der Waals surface area contributed by atoms with E-state index in [0.29, 0.717) is 34.7 Å². The van der Waals surface area contributed by atoms with Gasteiger partial charge in [-0.05, 0) is 73.1 Å². The highest BCUT2D eigenvalue weighted by atomic mass is 35.5. The van der Waals surface area contributed by atoms with E-state index in [1.807, 2.05) is 24.3 Å². The van der Waals surface area contributed by atoms with Gasteiger partial charge >= 0.3 is 0 Å². The van der Waals surface area contributed by atoms with Crippen molar-refractivity contribution in [3.8, 4) is 23.0 Å². The minimum Gasteiger partial charge on any atom is -0.508 e. The molecule has 5 aliphatic rings. The zero-order valence-corrected chi connectivity index (χ0v) is 35.5. The van der Waals surface area contributed by atoms with Crippen LogP contribution in [0.3, 0.4) is 0 Å². The van der Waals surface area contributed by atoms with Crippen LogP contribution in [0.4, 0.5) is 5.69 Å². The average molecular weight is 866 g/mol. The van der Waals surface area contributed by atoms with Crippen LogP contribution in [0.15, 0.2) is 96.6 Å². The number of amides is 4. The number of hydrogen-bond acceptors (Lipinski definition) is 10. The molecule has 2 N–H and O–H groups in total. The highest BCUT2D eigenvalue weighted by Crippen LogP contribution is 2.66. The molecule has 0 radical (unpaired) electrons. The predicted molar refractivity (Wildman–Crippen MR) is 228 cm³/mol. The first-order valence-corrected chi connectivity index (χ1v) is 21.3. The highest BCUT2D eigenvalue weighted by molar-refractivity contribution is 6.36. The molecule has 6 unspecified atom stereocenters. The number of carbonyl (C=O) groups is 4. The van der Waals surface area contributed by atoms with Crippen molar-refractivity contribution in [2.75, 3.05) is 39.8 Å². The van der Waals surface area contributed by atoms with Gasteiger partial charge in [0.2, 0.25) is 11.8 Å². The number of nitrogens with one attached hydrogen (secondary N) is 1. The summed E-state index contributed by atoms with van der Waals surface area (Å²) in [7, 11) is 4.46. The number of benzene rings is 4. The summed E-state index contributed by atoms with van der Waals surface area (Å²) < 4.78 is 17.5. The maximum Gasteiger partial charge on any atom is 0.260 e. The van der Waals surface area contributed by atoms with Crippen molar-refractivity contribution >= 4 is 52.5 Å². The number of imide groups is 2. The number of piperidine rings is 1. The van der Waals surface area contributed by atoms with E-state index in [4.69, 9.17) is 37.4 Å². The molecule has 3 saturated heterocycles. The molecule has 0 aromatic heterocycles. The Morgan fingerprint density at radius 3 is 2.13 bits per heavy atom. The number of fused-ring (bicyclic) bond motifs is 4. The van der Waals surface area contributed by atoms with E-state index in [9.17, 15) is 9.90 Å². The molecule has 1 saturated carbocycles. The number of phenols is 1. The Morgan fingerprint density at radius 1 is 0.803 bits per heavy atom. The molecular weight excluding hydrogens is 819 g/mol. The lowest BCUT2D eigenvalue weighted by atomic mass is 9.49. The molecule has 3 heterocycles. The molecule has 3 aliphatic heterocycles. The molecule has 6 atom stereocenters. The number of carbonyl (C=O) groups excluding carboxylic acids is 4. The maximum absolute atomic E-state index is 15.7. The van der Waals surface area contributed by atoms with E-state index >= 15 is 14.4 Å². The van der Waals surface area contributed by atoms with E-state index in [1.165, 1.54) is 42.9 Å². The van der Waals surface area contributed by atoms with Gasteiger partial charge in [0.25, 0.3) is 11.8 Å². The molecule has 9 rings (SSSR count). The Bertz CT molecular complexity index is 2410. The van der Waals surface area contributed by atoms with Crippen LogP contribution in [0.5, 0.6) is 23.0 Å². The summed E-state index contributed by atoms with van der Waals surface area (Å²) in [5.74, 6) is -4.71. The lowest BCUT2D eigenvalue weighted by Crippen LogP contribution is -2.53. The number of nitrogens with zero attached hydrogens (tertiary/aromatic N) is 3. The minimum atomic E-state index is -1.65. The van der Waals surface area contributed by atoms with Crippen LogP contribution in [0.2, 0.25) is 10.0 Å². The van der Waals surface area contributed by atoms with Crippen molar-refractivity contribution < 1.29 is 38.5 Å². The molecule has 2 aliphatic carbocycles. The number of anilines is 1. The van der Waals surface area contributed by atoms with E-state index in [0.717, 1.165) is 30.2 Å². The van der Waals surface area contributed by atoms with Gasteiger partial charge in [0.05, 0.1) is 55.2 Å². The van der Waals surface area contributed by atoms with Gasteiger partial charge in [-0.25, -0.2) is 0 Å². The van der Waals surface area contributed by atoms with Crippen molar-refractivity contribution in [1.29, 1.82) is 0 Å². The molecule has 4 amide bonds. The molecule has 0 spiro atoms. The fourth-order valence-corrected chi connectivity index (χ4v) is 11.4. The van der Waals surface area contributed by atoms with E-state index < -0.39 is 46.8 Å². The largest absolute Gasteiger partial charge is 0.508 e. The zero-order valence-electron chi connectivity index (χ0n) is 34.0.